The molecule has 0 atom stereocenters. The third kappa shape index (κ3) is 2.94. The number of carbonyl (C=O) groups is 1. The van der Waals surface area contributed by atoms with Crippen LogP contribution in [0.15, 0.2) is 72.8 Å². The Balaban J connectivity index is 1.79. The number of fused-ring (bicyclic) bond motifs is 1. The molecule has 0 saturated carbocycles. The van der Waals surface area contributed by atoms with Crippen molar-refractivity contribution in [1.29, 1.82) is 0 Å². The highest BCUT2D eigenvalue weighted by Gasteiger charge is 2.08. The van der Waals surface area contributed by atoms with Crippen molar-refractivity contribution in [3.63, 3.8) is 0 Å². The lowest BCUT2D eigenvalue weighted by atomic mass is 10.00. The molecule has 26 heavy (non-hydrogen) atoms. The third-order valence-electron chi connectivity index (χ3n) is 4.14. The van der Waals surface area contributed by atoms with Crippen molar-refractivity contribution in [1.82, 2.24) is 10.2 Å². The lowest BCUT2D eigenvalue weighted by Gasteiger charge is -2.03. The van der Waals surface area contributed by atoms with Gasteiger partial charge in [0.15, 0.2) is 0 Å². The highest BCUT2D eigenvalue weighted by Crippen LogP contribution is 2.23. The number of hydrogen-bond donors (Lipinski definition) is 2. The van der Waals surface area contributed by atoms with E-state index < -0.39 is 5.97 Å². The zero-order chi connectivity index (χ0) is 17.9. The second-order valence-corrected chi connectivity index (χ2v) is 5.80. The van der Waals surface area contributed by atoms with Crippen LogP contribution in [-0.4, -0.2) is 21.3 Å². The standard InChI is InChI=1S/C22H14N2O2/c25-22(26)17-11-13-21-19(14-17)20(23-24-21)12-10-16-8-4-5-9-18(16)15-6-2-1-3-7-15/h1-9,11,13-14H,(H,23,24)(H,25,26). The Morgan fingerprint density at radius 1 is 0.923 bits per heavy atom. The van der Waals surface area contributed by atoms with Crippen molar-refractivity contribution >= 4 is 16.9 Å². The summed E-state index contributed by atoms with van der Waals surface area (Å²) in [7, 11) is 0. The topological polar surface area (TPSA) is 66.0 Å². The van der Waals surface area contributed by atoms with Crippen LogP contribution in [0.25, 0.3) is 22.0 Å². The molecule has 0 aliphatic heterocycles. The van der Waals surface area contributed by atoms with Crippen LogP contribution < -0.4 is 0 Å². The Morgan fingerprint density at radius 2 is 1.69 bits per heavy atom. The SMILES string of the molecule is O=C(O)c1ccc2[nH]nc(C#Cc3ccccc3-c3ccccc3)c2c1. The molecular weight excluding hydrogens is 324 g/mol. The van der Waals surface area contributed by atoms with E-state index in [1.54, 1.807) is 18.2 Å². The second kappa shape index (κ2) is 6.58. The van der Waals surface area contributed by atoms with Crippen LogP contribution in [0.4, 0.5) is 0 Å². The van der Waals surface area contributed by atoms with E-state index in [1.807, 2.05) is 54.6 Å². The van der Waals surface area contributed by atoms with Gasteiger partial charge >= 0.3 is 5.97 Å². The van der Waals surface area contributed by atoms with Crippen LogP contribution in [0, 0.1) is 11.8 Å². The minimum absolute atomic E-state index is 0.214. The molecule has 124 valence electrons. The molecule has 0 aliphatic carbocycles. The average molecular weight is 338 g/mol. The largest absolute Gasteiger partial charge is 0.478 e. The molecule has 0 spiro atoms. The van der Waals surface area contributed by atoms with Crippen molar-refractivity contribution < 1.29 is 9.90 Å². The van der Waals surface area contributed by atoms with Crippen LogP contribution in [-0.2, 0) is 0 Å². The number of benzene rings is 3. The number of nitrogens with one attached hydrogen (secondary N) is 1. The predicted octanol–water partition coefficient (Wildman–Crippen LogP) is 4.33. The molecule has 0 amide bonds. The number of carboxylic acid groups (broad SMARTS) is 1. The fraction of sp³-hybridized carbons (Fsp3) is 0. The van der Waals surface area contributed by atoms with Crippen molar-refractivity contribution in [2.45, 2.75) is 0 Å². The van der Waals surface area contributed by atoms with Gasteiger partial charge in [0, 0.05) is 10.9 Å². The van der Waals surface area contributed by atoms with E-state index in [2.05, 4.69) is 22.0 Å². The summed E-state index contributed by atoms with van der Waals surface area (Å²) < 4.78 is 0. The zero-order valence-corrected chi connectivity index (χ0v) is 13.7. The lowest BCUT2D eigenvalue weighted by Crippen LogP contribution is -1.94. The normalized spacial score (nSPS) is 10.3. The van der Waals surface area contributed by atoms with Gasteiger partial charge in [-0.05, 0) is 41.3 Å². The quantitative estimate of drug-likeness (QED) is 0.535. The zero-order valence-electron chi connectivity index (χ0n) is 13.7. The lowest BCUT2D eigenvalue weighted by molar-refractivity contribution is 0.0697. The maximum atomic E-state index is 11.2. The Hall–Kier alpha value is -3.84. The molecule has 1 aromatic heterocycles. The number of aromatic nitrogens is 2. The van der Waals surface area contributed by atoms with E-state index in [0.29, 0.717) is 11.1 Å². The monoisotopic (exact) mass is 338 g/mol. The molecule has 1 heterocycles. The number of H-pyrrole nitrogens is 1. The molecule has 0 saturated heterocycles. The summed E-state index contributed by atoms with van der Waals surface area (Å²) in [5, 5.41) is 17.0. The maximum Gasteiger partial charge on any atom is 0.335 e. The summed E-state index contributed by atoms with van der Waals surface area (Å²) in [5.74, 6) is 5.28. The van der Waals surface area contributed by atoms with Crippen molar-refractivity contribution in [2.75, 3.05) is 0 Å². The molecule has 4 rings (SSSR count). The Morgan fingerprint density at radius 3 is 2.50 bits per heavy atom. The number of nitrogens with zero attached hydrogens (tertiary/aromatic N) is 1. The first-order valence-corrected chi connectivity index (χ1v) is 8.10. The van der Waals surface area contributed by atoms with E-state index in [9.17, 15) is 9.90 Å². The Kier molecular flexibility index (Phi) is 3.97. The second-order valence-electron chi connectivity index (χ2n) is 5.80. The summed E-state index contributed by atoms with van der Waals surface area (Å²) in [6.07, 6.45) is 0. The van der Waals surface area contributed by atoms with Crippen molar-refractivity contribution in [3.05, 3.63) is 89.6 Å². The van der Waals surface area contributed by atoms with Crippen molar-refractivity contribution in [3.8, 4) is 23.0 Å². The number of rotatable bonds is 2. The van der Waals surface area contributed by atoms with E-state index in [4.69, 9.17) is 0 Å². The highest BCUT2D eigenvalue weighted by molar-refractivity contribution is 5.95. The summed E-state index contributed by atoms with van der Waals surface area (Å²) in [5.41, 5.74) is 4.54. The molecule has 2 N–H and O–H groups in total. The molecule has 0 unspecified atom stereocenters. The molecule has 4 aromatic rings. The first-order valence-electron chi connectivity index (χ1n) is 8.10. The van der Waals surface area contributed by atoms with Gasteiger partial charge in [-0.15, -0.1) is 0 Å². The number of aromatic carboxylic acids is 1. The first-order chi connectivity index (χ1) is 12.7. The van der Waals surface area contributed by atoms with Gasteiger partial charge in [0.05, 0.1) is 11.1 Å². The molecule has 4 heteroatoms. The van der Waals surface area contributed by atoms with Crippen LogP contribution in [0.2, 0.25) is 0 Å². The predicted molar refractivity (Wildman–Crippen MR) is 101 cm³/mol. The summed E-state index contributed by atoms with van der Waals surface area (Å²) in [6.45, 7) is 0. The number of hydrogen-bond acceptors (Lipinski definition) is 2. The molecule has 0 bridgehead atoms. The Bertz CT molecular complexity index is 1160. The highest BCUT2D eigenvalue weighted by atomic mass is 16.4. The Labute approximate surface area is 150 Å². The fourth-order valence-corrected chi connectivity index (χ4v) is 2.83. The van der Waals surface area contributed by atoms with Gasteiger partial charge < -0.3 is 5.11 Å². The minimum Gasteiger partial charge on any atom is -0.478 e. The van der Waals surface area contributed by atoms with Gasteiger partial charge in [0.25, 0.3) is 0 Å². The van der Waals surface area contributed by atoms with Gasteiger partial charge in [0.1, 0.15) is 5.69 Å². The van der Waals surface area contributed by atoms with Crippen molar-refractivity contribution in [2.24, 2.45) is 0 Å². The van der Waals surface area contributed by atoms with E-state index in [1.165, 1.54) is 0 Å². The maximum absolute atomic E-state index is 11.2. The smallest absolute Gasteiger partial charge is 0.335 e. The van der Waals surface area contributed by atoms with Crippen LogP contribution in [0.3, 0.4) is 0 Å². The molecule has 3 aromatic carbocycles. The van der Waals surface area contributed by atoms with Gasteiger partial charge in [-0.3, -0.25) is 5.10 Å². The van der Waals surface area contributed by atoms with Gasteiger partial charge in [-0.1, -0.05) is 54.5 Å². The van der Waals surface area contributed by atoms with E-state index in [0.717, 1.165) is 22.2 Å². The molecule has 0 fully saturated rings. The summed E-state index contributed by atoms with van der Waals surface area (Å²) in [6, 6.07) is 22.8. The van der Waals surface area contributed by atoms with Gasteiger partial charge in [-0.25, -0.2) is 4.79 Å². The molecule has 0 aliphatic rings. The fourth-order valence-electron chi connectivity index (χ4n) is 2.83. The van der Waals surface area contributed by atoms with E-state index >= 15 is 0 Å². The van der Waals surface area contributed by atoms with Crippen LogP contribution in [0.1, 0.15) is 21.6 Å². The summed E-state index contributed by atoms with van der Waals surface area (Å²) in [4.78, 5) is 11.2. The average Bonchev–Trinajstić information content (AvgIpc) is 3.09. The van der Waals surface area contributed by atoms with Crippen LogP contribution >= 0.6 is 0 Å². The first kappa shape index (κ1) is 15.7. The molecular formula is C22H14N2O2. The van der Waals surface area contributed by atoms with Crippen LogP contribution in [0.5, 0.6) is 0 Å². The number of aromatic amines is 1. The summed E-state index contributed by atoms with van der Waals surface area (Å²) >= 11 is 0. The number of carboxylic acids is 1. The minimum atomic E-state index is -0.971. The molecule has 0 radical (unpaired) electrons. The van der Waals surface area contributed by atoms with Gasteiger partial charge in [-0.2, -0.15) is 5.10 Å². The molecule has 4 nitrogen and oxygen atoms in total. The van der Waals surface area contributed by atoms with Gasteiger partial charge in [0.2, 0.25) is 0 Å². The third-order valence-corrected chi connectivity index (χ3v) is 4.14. The van der Waals surface area contributed by atoms with E-state index in [-0.39, 0.29) is 5.56 Å².